The standard InChI is InChI=1S/C20H13FO2S/c21-15-10-11-16(23-12-13-6-2-1-3-7-13)20-18(15)19(22)14-8-4-5-9-17(14)24-20/h1-11H,12H2. The second-order valence-corrected chi connectivity index (χ2v) is 6.50. The van der Waals surface area contributed by atoms with Crippen molar-refractivity contribution in [1.82, 2.24) is 0 Å². The molecule has 4 heteroatoms. The molecule has 0 aliphatic carbocycles. The summed E-state index contributed by atoms with van der Waals surface area (Å²) in [5, 5.41) is 0.637. The molecule has 24 heavy (non-hydrogen) atoms. The number of hydrogen-bond acceptors (Lipinski definition) is 3. The van der Waals surface area contributed by atoms with E-state index in [1.807, 2.05) is 42.5 Å². The Balaban J connectivity index is 1.87. The first kappa shape index (κ1) is 14.8. The summed E-state index contributed by atoms with van der Waals surface area (Å²) >= 11 is 1.38. The number of benzene rings is 3. The molecule has 1 aromatic heterocycles. The van der Waals surface area contributed by atoms with Gasteiger partial charge in [0, 0.05) is 10.1 Å². The maximum Gasteiger partial charge on any atom is 0.198 e. The summed E-state index contributed by atoms with van der Waals surface area (Å²) in [5.41, 5.74) is 0.727. The normalized spacial score (nSPS) is 11.0. The Morgan fingerprint density at radius 2 is 1.67 bits per heavy atom. The first-order chi connectivity index (χ1) is 11.7. The zero-order valence-electron chi connectivity index (χ0n) is 12.7. The number of rotatable bonds is 3. The van der Waals surface area contributed by atoms with Crippen LogP contribution in [0.2, 0.25) is 0 Å². The Morgan fingerprint density at radius 3 is 2.50 bits per heavy atom. The summed E-state index contributed by atoms with van der Waals surface area (Å²) in [7, 11) is 0. The summed E-state index contributed by atoms with van der Waals surface area (Å²) in [4.78, 5) is 12.6. The van der Waals surface area contributed by atoms with Crippen LogP contribution in [-0.4, -0.2) is 0 Å². The summed E-state index contributed by atoms with van der Waals surface area (Å²) in [6.07, 6.45) is 0. The minimum Gasteiger partial charge on any atom is -0.487 e. The van der Waals surface area contributed by atoms with Crippen LogP contribution >= 0.6 is 11.3 Å². The van der Waals surface area contributed by atoms with E-state index in [4.69, 9.17) is 4.74 Å². The van der Waals surface area contributed by atoms with Crippen molar-refractivity contribution in [2.45, 2.75) is 6.61 Å². The Labute approximate surface area is 141 Å². The van der Waals surface area contributed by atoms with E-state index in [0.717, 1.165) is 10.3 Å². The van der Waals surface area contributed by atoms with Crippen molar-refractivity contribution in [2.75, 3.05) is 0 Å². The van der Waals surface area contributed by atoms with Crippen molar-refractivity contribution in [3.63, 3.8) is 0 Å². The van der Waals surface area contributed by atoms with Crippen LogP contribution < -0.4 is 10.2 Å². The highest BCUT2D eigenvalue weighted by molar-refractivity contribution is 7.24. The average Bonchev–Trinajstić information content (AvgIpc) is 2.62. The summed E-state index contributed by atoms with van der Waals surface area (Å²) in [5.74, 6) is 0.0205. The van der Waals surface area contributed by atoms with E-state index in [2.05, 4.69) is 0 Å². The van der Waals surface area contributed by atoms with Crippen LogP contribution in [0.15, 0.2) is 71.5 Å². The second kappa shape index (κ2) is 6.06. The third kappa shape index (κ3) is 2.55. The summed E-state index contributed by atoms with van der Waals surface area (Å²) in [6, 6.07) is 19.9. The van der Waals surface area contributed by atoms with E-state index < -0.39 is 5.82 Å². The minimum atomic E-state index is -0.510. The van der Waals surface area contributed by atoms with Crippen LogP contribution in [0.3, 0.4) is 0 Å². The average molecular weight is 336 g/mol. The summed E-state index contributed by atoms with van der Waals surface area (Å²) in [6.45, 7) is 0.370. The Bertz CT molecular complexity index is 1090. The number of fused-ring (bicyclic) bond motifs is 2. The molecule has 0 saturated heterocycles. The lowest BCUT2D eigenvalue weighted by Crippen LogP contribution is -2.04. The van der Waals surface area contributed by atoms with Gasteiger partial charge in [-0.3, -0.25) is 4.79 Å². The van der Waals surface area contributed by atoms with Crippen LogP contribution in [0.1, 0.15) is 5.56 Å². The van der Waals surface area contributed by atoms with Crippen LogP contribution in [0.4, 0.5) is 4.39 Å². The first-order valence-corrected chi connectivity index (χ1v) is 8.36. The number of hydrogen-bond donors (Lipinski definition) is 0. The molecule has 4 aromatic rings. The highest BCUT2D eigenvalue weighted by Gasteiger charge is 2.14. The zero-order valence-corrected chi connectivity index (χ0v) is 13.5. The lowest BCUT2D eigenvalue weighted by atomic mass is 10.1. The van der Waals surface area contributed by atoms with Gasteiger partial charge < -0.3 is 4.74 Å². The number of halogens is 1. The van der Waals surface area contributed by atoms with Gasteiger partial charge in [-0.05, 0) is 29.8 Å². The van der Waals surface area contributed by atoms with Gasteiger partial charge in [0.25, 0.3) is 0 Å². The fourth-order valence-electron chi connectivity index (χ4n) is 2.69. The van der Waals surface area contributed by atoms with Crippen molar-refractivity contribution in [3.8, 4) is 5.75 Å². The van der Waals surface area contributed by atoms with Gasteiger partial charge in [-0.25, -0.2) is 4.39 Å². The largest absolute Gasteiger partial charge is 0.487 e. The van der Waals surface area contributed by atoms with E-state index >= 15 is 0 Å². The molecule has 1 heterocycles. The fourth-order valence-corrected chi connectivity index (χ4v) is 3.85. The molecule has 0 fully saturated rings. The Kier molecular flexibility index (Phi) is 3.75. The predicted octanol–water partition coefficient (Wildman–Crippen LogP) is 5.13. The molecule has 0 radical (unpaired) electrons. The predicted molar refractivity (Wildman–Crippen MR) is 96.3 cm³/mol. The molecule has 0 spiro atoms. The van der Waals surface area contributed by atoms with Gasteiger partial charge in [-0.1, -0.05) is 42.5 Å². The topological polar surface area (TPSA) is 26.3 Å². The molecule has 0 amide bonds. The lowest BCUT2D eigenvalue weighted by molar-refractivity contribution is 0.310. The van der Waals surface area contributed by atoms with Crippen molar-refractivity contribution < 1.29 is 9.13 Å². The van der Waals surface area contributed by atoms with Crippen molar-refractivity contribution >= 4 is 31.5 Å². The molecule has 3 aromatic carbocycles. The molecule has 2 nitrogen and oxygen atoms in total. The third-order valence-electron chi connectivity index (χ3n) is 3.88. The van der Waals surface area contributed by atoms with Crippen LogP contribution in [0.5, 0.6) is 5.75 Å². The van der Waals surface area contributed by atoms with E-state index in [1.54, 1.807) is 18.2 Å². The van der Waals surface area contributed by atoms with E-state index in [-0.39, 0.29) is 10.8 Å². The van der Waals surface area contributed by atoms with Crippen molar-refractivity contribution in [3.05, 3.63) is 88.3 Å². The molecule has 0 N–H and O–H groups in total. The minimum absolute atomic E-state index is 0.101. The molecule has 118 valence electrons. The molecular formula is C20H13FO2S. The smallest absolute Gasteiger partial charge is 0.198 e. The zero-order chi connectivity index (χ0) is 16.5. The molecule has 0 unspecified atom stereocenters. The van der Waals surface area contributed by atoms with Gasteiger partial charge in [0.2, 0.25) is 0 Å². The van der Waals surface area contributed by atoms with Gasteiger partial charge in [0.05, 0.1) is 10.1 Å². The van der Waals surface area contributed by atoms with Gasteiger partial charge in [0.1, 0.15) is 18.2 Å². The molecule has 0 bridgehead atoms. The van der Waals surface area contributed by atoms with Crippen molar-refractivity contribution in [2.24, 2.45) is 0 Å². The maximum atomic E-state index is 14.3. The molecule has 0 atom stereocenters. The fraction of sp³-hybridized carbons (Fsp3) is 0.0500. The van der Waals surface area contributed by atoms with Crippen LogP contribution in [0.25, 0.3) is 20.2 Å². The molecule has 0 aliphatic heterocycles. The van der Waals surface area contributed by atoms with Crippen molar-refractivity contribution in [1.29, 1.82) is 0 Å². The number of ether oxygens (including phenoxy) is 1. The highest BCUT2D eigenvalue weighted by atomic mass is 32.1. The van der Waals surface area contributed by atoms with Gasteiger partial charge in [-0.2, -0.15) is 0 Å². The van der Waals surface area contributed by atoms with Gasteiger partial charge in [0.15, 0.2) is 5.43 Å². The van der Waals surface area contributed by atoms with E-state index in [9.17, 15) is 9.18 Å². The molecule has 4 rings (SSSR count). The Hall–Kier alpha value is -2.72. The van der Waals surface area contributed by atoms with Gasteiger partial charge >= 0.3 is 0 Å². The van der Waals surface area contributed by atoms with Crippen LogP contribution in [0, 0.1) is 5.82 Å². The monoisotopic (exact) mass is 336 g/mol. The van der Waals surface area contributed by atoms with E-state index in [0.29, 0.717) is 22.4 Å². The quantitative estimate of drug-likeness (QED) is 0.485. The Morgan fingerprint density at radius 1 is 0.917 bits per heavy atom. The van der Waals surface area contributed by atoms with Gasteiger partial charge in [-0.15, -0.1) is 11.3 Å². The molecular weight excluding hydrogens is 323 g/mol. The molecule has 0 aliphatic rings. The second-order valence-electron chi connectivity index (χ2n) is 5.45. The highest BCUT2D eigenvalue weighted by Crippen LogP contribution is 2.33. The third-order valence-corrected chi connectivity index (χ3v) is 5.06. The maximum absolute atomic E-state index is 14.3. The summed E-state index contributed by atoms with van der Waals surface area (Å²) < 4.78 is 21.5. The van der Waals surface area contributed by atoms with E-state index in [1.165, 1.54) is 17.4 Å². The first-order valence-electron chi connectivity index (χ1n) is 7.55. The lowest BCUT2D eigenvalue weighted by Gasteiger charge is -2.10. The van der Waals surface area contributed by atoms with Crippen LogP contribution in [-0.2, 0) is 6.61 Å². The SMILES string of the molecule is O=c1c2ccccc2sc2c(OCc3ccccc3)ccc(F)c12. The molecule has 0 saturated carbocycles.